The first-order valence-corrected chi connectivity index (χ1v) is 8.16. The van der Waals surface area contributed by atoms with E-state index < -0.39 is 17.7 Å². The number of benzene rings is 2. The van der Waals surface area contributed by atoms with E-state index in [1.54, 1.807) is 11.8 Å². The van der Waals surface area contributed by atoms with Crippen LogP contribution in [0.25, 0.3) is 0 Å². The maximum Gasteiger partial charge on any atom is 0.263 e. The zero-order chi connectivity index (χ0) is 18.0. The van der Waals surface area contributed by atoms with E-state index in [2.05, 4.69) is 0 Å². The van der Waals surface area contributed by atoms with Crippen molar-refractivity contribution in [2.75, 3.05) is 13.1 Å². The van der Waals surface area contributed by atoms with Gasteiger partial charge in [-0.05, 0) is 24.6 Å². The molecule has 1 aliphatic rings. The molecule has 1 heterocycles. The summed E-state index contributed by atoms with van der Waals surface area (Å²) in [6.45, 7) is 2.53. The summed E-state index contributed by atoms with van der Waals surface area (Å²) in [5.41, 5.74) is 7.30. The van der Waals surface area contributed by atoms with Crippen molar-refractivity contribution in [1.82, 2.24) is 4.90 Å². The molecule has 4 nitrogen and oxygen atoms in total. The number of carbonyl (C=O) groups is 1. The SMILES string of the molecule is CC(Oc1ccc(F)c(F)c1)C(=O)N1C[C@@H](N)[C@H](c2ccccc2)C1.Cl. The van der Waals surface area contributed by atoms with Crippen molar-refractivity contribution >= 4 is 18.3 Å². The molecule has 1 amide bonds. The Labute approximate surface area is 157 Å². The van der Waals surface area contributed by atoms with Gasteiger partial charge in [0.25, 0.3) is 5.91 Å². The van der Waals surface area contributed by atoms with Crippen molar-refractivity contribution in [3.05, 3.63) is 65.7 Å². The number of amides is 1. The summed E-state index contributed by atoms with van der Waals surface area (Å²) < 4.78 is 31.7. The normalized spacial score (nSPS) is 20.4. The van der Waals surface area contributed by atoms with Gasteiger partial charge in [-0.2, -0.15) is 0 Å². The van der Waals surface area contributed by atoms with Gasteiger partial charge in [-0.3, -0.25) is 4.79 Å². The Morgan fingerprint density at radius 3 is 2.50 bits per heavy atom. The summed E-state index contributed by atoms with van der Waals surface area (Å²) in [5, 5.41) is 0. The zero-order valence-electron chi connectivity index (χ0n) is 14.3. The Bertz CT molecular complexity index is 760. The van der Waals surface area contributed by atoms with Crippen LogP contribution in [0.5, 0.6) is 5.75 Å². The fourth-order valence-electron chi connectivity index (χ4n) is 3.12. The van der Waals surface area contributed by atoms with E-state index in [0.717, 1.165) is 17.7 Å². The molecule has 0 radical (unpaired) electrons. The molecule has 3 atom stereocenters. The first-order chi connectivity index (χ1) is 12.0. The molecule has 2 aromatic rings. The molecule has 1 aliphatic heterocycles. The van der Waals surface area contributed by atoms with Gasteiger partial charge >= 0.3 is 0 Å². The van der Waals surface area contributed by atoms with Crippen molar-refractivity contribution in [3.63, 3.8) is 0 Å². The monoisotopic (exact) mass is 382 g/mol. The lowest BCUT2D eigenvalue weighted by Crippen LogP contribution is -2.40. The molecule has 3 rings (SSSR count). The molecule has 1 fully saturated rings. The van der Waals surface area contributed by atoms with E-state index in [1.807, 2.05) is 30.3 Å². The minimum atomic E-state index is -1.01. The maximum atomic E-state index is 13.3. The number of hydrogen-bond acceptors (Lipinski definition) is 3. The third-order valence-electron chi connectivity index (χ3n) is 4.46. The maximum absolute atomic E-state index is 13.3. The molecule has 0 bridgehead atoms. The number of likely N-dealkylation sites (tertiary alicyclic amines) is 1. The summed E-state index contributed by atoms with van der Waals surface area (Å²) in [7, 11) is 0. The highest BCUT2D eigenvalue weighted by Gasteiger charge is 2.35. The average Bonchev–Trinajstić information content (AvgIpc) is 3.00. The van der Waals surface area contributed by atoms with Gasteiger partial charge in [0.1, 0.15) is 5.75 Å². The largest absolute Gasteiger partial charge is 0.481 e. The lowest BCUT2D eigenvalue weighted by molar-refractivity contribution is -0.136. The molecule has 2 aromatic carbocycles. The highest BCUT2D eigenvalue weighted by Crippen LogP contribution is 2.27. The zero-order valence-corrected chi connectivity index (χ0v) is 15.1. The van der Waals surface area contributed by atoms with E-state index in [9.17, 15) is 13.6 Å². The molecule has 2 N–H and O–H groups in total. The Morgan fingerprint density at radius 1 is 1.15 bits per heavy atom. The molecule has 1 saturated heterocycles. The van der Waals surface area contributed by atoms with Crippen LogP contribution in [0.2, 0.25) is 0 Å². The third-order valence-corrected chi connectivity index (χ3v) is 4.46. The summed E-state index contributed by atoms with van der Waals surface area (Å²) in [5.74, 6) is -2.01. The molecular formula is C19H21ClF2N2O2. The van der Waals surface area contributed by atoms with Crippen molar-refractivity contribution in [1.29, 1.82) is 0 Å². The predicted octanol–water partition coefficient (Wildman–Crippen LogP) is 3.11. The van der Waals surface area contributed by atoms with Crippen molar-refractivity contribution in [2.24, 2.45) is 5.73 Å². The first-order valence-electron chi connectivity index (χ1n) is 8.16. The van der Waals surface area contributed by atoms with Crippen molar-refractivity contribution < 1.29 is 18.3 Å². The predicted molar refractivity (Wildman–Crippen MR) is 97.4 cm³/mol. The number of rotatable bonds is 4. The van der Waals surface area contributed by atoms with Gasteiger partial charge in [0, 0.05) is 31.1 Å². The Kier molecular flexibility index (Phi) is 6.56. The van der Waals surface area contributed by atoms with E-state index >= 15 is 0 Å². The molecule has 0 spiro atoms. The van der Waals surface area contributed by atoms with Gasteiger partial charge in [0.15, 0.2) is 17.7 Å². The molecule has 26 heavy (non-hydrogen) atoms. The third kappa shape index (κ3) is 4.31. The van der Waals surface area contributed by atoms with Crippen LogP contribution < -0.4 is 10.5 Å². The summed E-state index contributed by atoms with van der Waals surface area (Å²) in [6.07, 6.45) is -0.813. The number of ether oxygens (including phenoxy) is 1. The van der Waals surface area contributed by atoms with Gasteiger partial charge in [0.2, 0.25) is 0 Å². The molecular weight excluding hydrogens is 362 g/mol. The quantitative estimate of drug-likeness (QED) is 0.884. The second kappa shape index (κ2) is 8.47. The van der Waals surface area contributed by atoms with E-state index in [-0.39, 0.29) is 36.0 Å². The van der Waals surface area contributed by atoms with E-state index in [0.29, 0.717) is 13.1 Å². The summed E-state index contributed by atoms with van der Waals surface area (Å²) >= 11 is 0. The second-order valence-corrected chi connectivity index (χ2v) is 6.26. The minimum absolute atomic E-state index is 0. The molecule has 1 unspecified atom stereocenters. The summed E-state index contributed by atoms with van der Waals surface area (Å²) in [4.78, 5) is 14.3. The lowest BCUT2D eigenvalue weighted by atomic mass is 9.95. The van der Waals surface area contributed by atoms with Crippen LogP contribution in [0.3, 0.4) is 0 Å². The Morgan fingerprint density at radius 2 is 1.85 bits per heavy atom. The Balaban J connectivity index is 0.00000243. The van der Waals surface area contributed by atoms with Crippen molar-refractivity contribution in [3.8, 4) is 5.75 Å². The number of nitrogens with zero attached hydrogens (tertiary/aromatic N) is 1. The van der Waals surface area contributed by atoms with E-state index in [4.69, 9.17) is 10.5 Å². The number of carbonyl (C=O) groups excluding carboxylic acids is 1. The van der Waals surface area contributed by atoms with Crippen LogP contribution in [-0.2, 0) is 4.79 Å². The highest BCUT2D eigenvalue weighted by molar-refractivity contribution is 5.85. The fraction of sp³-hybridized carbons (Fsp3) is 0.316. The summed E-state index contributed by atoms with van der Waals surface area (Å²) in [6, 6.07) is 12.9. The van der Waals surface area contributed by atoms with Gasteiger partial charge in [-0.15, -0.1) is 12.4 Å². The van der Waals surface area contributed by atoms with Crippen LogP contribution in [0, 0.1) is 11.6 Å². The molecule has 0 aromatic heterocycles. The number of nitrogens with two attached hydrogens (primary N) is 1. The van der Waals surface area contributed by atoms with Crippen LogP contribution in [0.1, 0.15) is 18.4 Å². The van der Waals surface area contributed by atoms with Crippen LogP contribution in [-0.4, -0.2) is 36.0 Å². The standard InChI is InChI=1S/C19H20F2N2O2.ClH/c1-12(25-14-7-8-16(20)17(21)9-14)19(24)23-10-15(18(22)11-23)13-5-3-2-4-6-13;/h2-9,12,15,18H,10-11,22H2,1H3;1H/t12?,15-,18+;/m0./s1. The first kappa shape index (κ1) is 20.1. The smallest absolute Gasteiger partial charge is 0.263 e. The average molecular weight is 383 g/mol. The lowest BCUT2D eigenvalue weighted by Gasteiger charge is -2.22. The second-order valence-electron chi connectivity index (χ2n) is 6.26. The van der Waals surface area contributed by atoms with Crippen LogP contribution in [0.4, 0.5) is 8.78 Å². The Hall–Kier alpha value is -2.18. The van der Waals surface area contributed by atoms with Gasteiger partial charge in [-0.1, -0.05) is 30.3 Å². The van der Waals surface area contributed by atoms with Crippen LogP contribution >= 0.6 is 12.4 Å². The molecule has 0 saturated carbocycles. The number of hydrogen-bond donors (Lipinski definition) is 1. The van der Waals surface area contributed by atoms with Gasteiger partial charge < -0.3 is 15.4 Å². The van der Waals surface area contributed by atoms with Crippen molar-refractivity contribution in [2.45, 2.75) is 25.0 Å². The fourth-order valence-corrected chi connectivity index (χ4v) is 3.12. The highest BCUT2D eigenvalue weighted by atomic mass is 35.5. The van der Waals surface area contributed by atoms with Gasteiger partial charge in [-0.25, -0.2) is 8.78 Å². The van der Waals surface area contributed by atoms with E-state index in [1.165, 1.54) is 6.07 Å². The number of halogens is 3. The topological polar surface area (TPSA) is 55.6 Å². The molecule has 7 heteroatoms. The molecule has 140 valence electrons. The molecule has 0 aliphatic carbocycles. The van der Waals surface area contributed by atoms with Gasteiger partial charge in [0.05, 0.1) is 0 Å². The van der Waals surface area contributed by atoms with Crippen LogP contribution in [0.15, 0.2) is 48.5 Å². The minimum Gasteiger partial charge on any atom is -0.481 e.